The van der Waals surface area contributed by atoms with Crippen molar-refractivity contribution in [3.63, 3.8) is 0 Å². The lowest BCUT2D eigenvalue weighted by Crippen LogP contribution is -2.15. The van der Waals surface area contributed by atoms with Crippen molar-refractivity contribution in [1.82, 2.24) is 19.9 Å². The van der Waals surface area contributed by atoms with Crippen molar-refractivity contribution >= 4 is 38.7 Å². The van der Waals surface area contributed by atoms with Gasteiger partial charge in [-0.2, -0.15) is 0 Å². The molecule has 0 aromatic carbocycles. The average molecular weight is 422 g/mol. The van der Waals surface area contributed by atoms with E-state index in [1.165, 1.54) is 40.8 Å². The highest BCUT2D eigenvalue weighted by atomic mass is 32.1. The molecular weight excluding hydrogens is 398 g/mol. The van der Waals surface area contributed by atoms with Gasteiger partial charge in [-0.05, 0) is 55.7 Å². The highest BCUT2D eigenvalue weighted by Crippen LogP contribution is 2.39. The number of nitrogens with one attached hydrogen (secondary N) is 1. The summed E-state index contributed by atoms with van der Waals surface area (Å²) in [6, 6.07) is 3.95. The van der Waals surface area contributed by atoms with Gasteiger partial charge in [0, 0.05) is 34.8 Å². The van der Waals surface area contributed by atoms with Gasteiger partial charge < -0.3 is 5.32 Å². The number of thiazole rings is 1. The van der Waals surface area contributed by atoms with Crippen LogP contribution in [0.2, 0.25) is 0 Å². The molecule has 1 unspecified atom stereocenters. The quantitative estimate of drug-likeness (QED) is 0.453. The zero-order valence-corrected chi connectivity index (χ0v) is 18.0. The zero-order chi connectivity index (χ0) is 19.6. The van der Waals surface area contributed by atoms with Crippen LogP contribution in [0, 0.1) is 5.92 Å². The number of thiophene rings is 1. The minimum Gasteiger partial charge on any atom is -0.369 e. The summed E-state index contributed by atoms with van der Waals surface area (Å²) in [4.78, 5) is 21.0. The van der Waals surface area contributed by atoms with Crippen LogP contribution in [0.4, 0.5) is 5.82 Å². The first-order chi connectivity index (χ1) is 14.3. The molecule has 0 fully saturated rings. The number of fused-ring (bicyclic) bond motifs is 3. The Kier molecular flexibility index (Phi) is 5.24. The van der Waals surface area contributed by atoms with E-state index in [1.54, 1.807) is 23.7 Å². The van der Waals surface area contributed by atoms with Crippen molar-refractivity contribution in [2.45, 2.75) is 39.0 Å². The molecule has 0 spiro atoms. The standard InChI is InChI=1S/C22H23N5S2/c1-14(10-16-12-28-13-25-16)11-24-21-19-17-4-2-3-5-18(17)29-22(19)27-20(26-21)15-6-8-23-9-7-15/h6-9,12-14H,2-5,10-11H2,1H3,(H,24,26,27). The Morgan fingerprint density at radius 1 is 1.14 bits per heavy atom. The van der Waals surface area contributed by atoms with Crippen molar-refractivity contribution in [2.24, 2.45) is 5.92 Å². The van der Waals surface area contributed by atoms with E-state index in [-0.39, 0.29) is 0 Å². The average Bonchev–Trinajstić information content (AvgIpc) is 3.39. The van der Waals surface area contributed by atoms with Crippen LogP contribution in [-0.4, -0.2) is 26.5 Å². The number of aromatic nitrogens is 4. The molecule has 0 saturated heterocycles. The Balaban J connectivity index is 1.50. The molecule has 1 aliphatic rings. The Morgan fingerprint density at radius 3 is 2.83 bits per heavy atom. The van der Waals surface area contributed by atoms with E-state index in [4.69, 9.17) is 9.97 Å². The van der Waals surface area contributed by atoms with Gasteiger partial charge in [0.05, 0.1) is 16.6 Å². The first-order valence-electron chi connectivity index (χ1n) is 10.1. The smallest absolute Gasteiger partial charge is 0.163 e. The number of anilines is 1. The van der Waals surface area contributed by atoms with Crippen LogP contribution >= 0.6 is 22.7 Å². The third kappa shape index (κ3) is 3.89. The van der Waals surface area contributed by atoms with Gasteiger partial charge in [0.2, 0.25) is 0 Å². The van der Waals surface area contributed by atoms with E-state index in [2.05, 4.69) is 27.6 Å². The predicted octanol–water partition coefficient (Wildman–Crippen LogP) is 5.38. The monoisotopic (exact) mass is 421 g/mol. The van der Waals surface area contributed by atoms with E-state index in [0.29, 0.717) is 5.92 Å². The maximum Gasteiger partial charge on any atom is 0.163 e. The minimum absolute atomic E-state index is 0.473. The van der Waals surface area contributed by atoms with Gasteiger partial charge in [-0.15, -0.1) is 22.7 Å². The van der Waals surface area contributed by atoms with Crippen LogP contribution in [0.3, 0.4) is 0 Å². The molecule has 0 bridgehead atoms. The summed E-state index contributed by atoms with van der Waals surface area (Å²) in [5, 5.41) is 7.04. The molecule has 1 atom stereocenters. The number of aryl methyl sites for hydroxylation is 2. The van der Waals surface area contributed by atoms with Gasteiger partial charge in [0.15, 0.2) is 5.82 Å². The lowest BCUT2D eigenvalue weighted by atomic mass is 9.97. The molecular formula is C22H23N5S2. The molecule has 4 heterocycles. The van der Waals surface area contributed by atoms with Crippen LogP contribution in [0.25, 0.3) is 21.6 Å². The Bertz CT molecular complexity index is 1110. The van der Waals surface area contributed by atoms with Crippen LogP contribution in [-0.2, 0) is 19.3 Å². The Hall–Kier alpha value is -2.38. The minimum atomic E-state index is 0.473. The van der Waals surface area contributed by atoms with E-state index in [0.717, 1.165) is 41.4 Å². The largest absolute Gasteiger partial charge is 0.369 e. The van der Waals surface area contributed by atoms with E-state index < -0.39 is 0 Å². The predicted molar refractivity (Wildman–Crippen MR) is 121 cm³/mol. The summed E-state index contributed by atoms with van der Waals surface area (Å²) in [5.74, 6) is 2.22. The summed E-state index contributed by atoms with van der Waals surface area (Å²) < 4.78 is 0. The third-order valence-electron chi connectivity index (χ3n) is 5.41. The summed E-state index contributed by atoms with van der Waals surface area (Å²) in [7, 11) is 0. The molecule has 1 N–H and O–H groups in total. The number of hydrogen-bond acceptors (Lipinski definition) is 7. The molecule has 5 rings (SSSR count). The topological polar surface area (TPSA) is 63.6 Å². The summed E-state index contributed by atoms with van der Waals surface area (Å²) in [6.07, 6.45) is 9.40. The maximum absolute atomic E-state index is 4.96. The molecule has 5 nitrogen and oxygen atoms in total. The van der Waals surface area contributed by atoms with Gasteiger partial charge in [-0.25, -0.2) is 15.0 Å². The third-order valence-corrected chi connectivity index (χ3v) is 7.23. The van der Waals surface area contributed by atoms with Crippen LogP contribution in [0.5, 0.6) is 0 Å². The van der Waals surface area contributed by atoms with Gasteiger partial charge in [-0.3, -0.25) is 4.98 Å². The zero-order valence-electron chi connectivity index (χ0n) is 16.4. The van der Waals surface area contributed by atoms with Crippen molar-refractivity contribution in [3.05, 3.63) is 51.6 Å². The number of hydrogen-bond donors (Lipinski definition) is 1. The molecule has 4 aromatic heterocycles. The van der Waals surface area contributed by atoms with Gasteiger partial charge >= 0.3 is 0 Å². The molecule has 0 saturated carbocycles. The number of nitrogens with zero attached hydrogens (tertiary/aromatic N) is 4. The van der Waals surface area contributed by atoms with E-state index >= 15 is 0 Å². The van der Waals surface area contributed by atoms with Crippen molar-refractivity contribution in [1.29, 1.82) is 0 Å². The molecule has 7 heteroatoms. The Labute approximate surface area is 178 Å². The molecule has 0 amide bonds. The lowest BCUT2D eigenvalue weighted by Gasteiger charge is -2.15. The second kappa shape index (κ2) is 8.16. The Morgan fingerprint density at radius 2 is 2.00 bits per heavy atom. The van der Waals surface area contributed by atoms with Gasteiger partial charge in [0.25, 0.3) is 0 Å². The number of rotatable bonds is 6. The molecule has 148 valence electrons. The molecule has 0 aliphatic heterocycles. The summed E-state index contributed by atoms with van der Waals surface area (Å²) in [6.45, 7) is 3.13. The van der Waals surface area contributed by atoms with Crippen LogP contribution in [0.15, 0.2) is 35.4 Å². The van der Waals surface area contributed by atoms with Gasteiger partial charge in [0.1, 0.15) is 10.6 Å². The summed E-state index contributed by atoms with van der Waals surface area (Å²) in [5.41, 5.74) is 5.55. The van der Waals surface area contributed by atoms with E-state index in [9.17, 15) is 0 Å². The first-order valence-corrected chi connectivity index (χ1v) is 11.9. The van der Waals surface area contributed by atoms with Crippen LogP contribution < -0.4 is 5.32 Å². The van der Waals surface area contributed by atoms with Crippen molar-refractivity contribution < 1.29 is 0 Å². The highest BCUT2D eigenvalue weighted by Gasteiger charge is 2.22. The fourth-order valence-electron chi connectivity index (χ4n) is 3.95. The second-order valence-electron chi connectivity index (χ2n) is 7.69. The van der Waals surface area contributed by atoms with Gasteiger partial charge in [-0.1, -0.05) is 6.92 Å². The molecule has 29 heavy (non-hydrogen) atoms. The fraction of sp³-hybridized carbons (Fsp3) is 0.364. The highest BCUT2D eigenvalue weighted by molar-refractivity contribution is 7.19. The maximum atomic E-state index is 4.96. The normalized spacial score (nSPS) is 14.7. The molecule has 0 radical (unpaired) electrons. The SMILES string of the molecule is CC(CNc1nc(-c2ccncc2)nc2sc3c(c12)CCCC3)Cc1cscn1. The van der Waals surface area contributed by atoms with Crippen molar-refractivity contribution in [2.75, 3.05) is 11.9 Å². The fourth-order valence-corrected chi connectivity index (χ4v) is 5.79. The lowest BCUT2D eigenvalue weighted by molar-refractivity contribution is 0.603. The summed E-state index contributed by atoms with van der Waals surface area (Å²) >= 11 is 3.50. The number of pyridine rings is 1. The molecule has 4 aromatic rings. The van der Waals surface area contributed by atoms with Crippen LogP contribution in [0.1, 0.15) is 35.9 Å². The first kappa shape index (κ1) is 18.6. The van der Waals surface area contributed by atoms with Crippen molar-refractivity contribution in [3.8, 4) is 11.4 Å². The molecule has 1 aliphatic carbocycles. The second-order valence-corrected chi connectivity index (χ2v) is 9.50. The van der Waals surface area contributed by atoms with E-state index in [1.807, 2.05) is 29.0 Å².